The van der Waals surface area contributed by atoms with E-state index in [2.05, 4.69) is 20.2 Å². The van der Waals surface area contributed by atoms with Gasteiger partial charge in [0.2, 0.25) is 15.9 Å². The second-order valence-electron chi connectivity index (χ2n) is 11.4. The van der Waals surface area contributed by atoms with E-state index in [9.17, 15) is 31.9 Å². The number of carbonyl (C=O) groups is 2. The molecule has 3 N–H and O–H groups in total. The topological polar surface area (TPSA) is 138 Å². The van der Waals surface area contributed by atoms with E-state index in [-0.39, 0.29) is 48.4 Å². The molecule has 3 rings (SSSR count). The van der Waals surface area contributed by atoms with Crippen LogP contribution in [0.2, 0.25) is 0 Å². The van der Waals surface area contributed by atoms with Crippen LogP contribution in [0.5, 0.6) is 11.5 Å². The van der Waals surface area contributed by atoms with E-state index >= 15 is 0 Å². The van der Waals surface area contributed by atoms with Gasteiger partial charge in [0, 0.05) is 25.6 Å². The molecule has 0 saturated heterocycles. The standard InChI is InChI=1S/C30H42F2N4O7S/c1-6-21(4)14-29(39)36(34-28(38)17-33-5)24(15-22-10-8-7-9-11-22)25(37)19-35(18-20(2)3)44(40,41)23-12-13-26-27(16-23)43-30(31,32)42-26/h7-13,16,20-21,24-25,33,37H,6,14-15,17-19H2,1-5H3,(H,34,38)/t21-,24-,25+/m0/s1. The number of rotatable bonds is 15. The highest BCUT2D eigenvalue weighted by Crippen LogP contribution is 2.42. The van der Waals surface area contributed by atoms with Crippen LogP contribution in [0.4, 0.5) is 8.78 Å². The molecule has 2 aromatic carbocycles. The zero-order chi connectivity index (χ0) is 32.7. The number of carbonyl (C=O) groups excluding carboxylic acids is 2. The quantitative estimate of drug-likeness (QED) is 0.253. The molecule has 244 valence electrons. The number of ether oxygens (including phenoxy) is 2. The first-order valence-corrected chi connectivity index (χ1v) is 16.0. The SMILES string of the molecule is CC[C@H](C)CC(=O)N(NC(=O)CNC)[C@@H](Cc1ccccc1)[C@H](O)CN(CC(C)C)S(=O)(=O)c1ccc2c(c1)OC(F)(F)O2. The molecular weight excluding hydrogens is 598 g/mol. The Labute approximate surface area is 257 Å². The lowest BCUT2D eigenvalue weighted by molar-refractivity contribution is -0.286. The molecule has 1 aliphatic heterocycles. The van der Waals surface area contributed by atoms with E-state index in [1.54, 1.807) is 45.2 Å². The fourth-order valence-electron chi connectivity index (χ4n) is 4.71. The Morgan fingerprint density at radius 1 is 1.02 bits per heavy atom. The highest BCUT2D eigenvalue weighted by molar-refractivity contribution is 7.89. The molecule has 0 saturated carbocycles. The minimum Gasteiger partial charge on any atom is -0.395 e. The van der Waals surface area contributed by atoms with Crippen LogP contribution in [0, 0.1) is 11.8 Å². The maximum absolute atomic E-state index is 13.9. The third-order valence-electron chi connectivity index (χ3n) is 7.10. The summed E-state index contributed by atoms with van der Waals surface area (Å²) in [4.78, 5) is 26.0. The van der Waals surface area contributed by atoms with E-state index in [0.717, 1.165) is 33.1 Å². The van der Waals surface area contributed by atoms with Crippen LogP contribution in [0.1, 0.15) is 46.1 Å². The van der Waals surface area contributed by atoms with E-state index in [4.69, 9.17) is 0 Å². The van der Waals surface area contributed by atoms with Crippen molar-refractivity contribution in [3.63, 3.8) is 0 Å². The van der Waals surface area contributed by atoms with Crippen molar-refractivity contribution in [2.24, 2.45) is 11.8 Å². The van der Waals surface area contributed by atoms with E-state index in [1.165, 1.54) is 0 Å². The van der Waals surface area contributed by atoms with E-state index in [0.29, 0.717) is 6.42 Å². The lowest BCUT2D eigenvalue weighted by Crippen LogP contribution is -2.60. The number of aliphatic hydroxyl groups is 1. The van der Waals surface area contributed by atoms with Gasteiger partial charge in [-0.2, -0.15) is 4.31 Å². The molecular formula is C30H42F2N4O7S. The van der Waals surface area contributed by atoms with Gasteiger partial charge in [0.05, 0.1) is 23.6 Å². The third-order valence-corrected chi connectivity index (χ3v) is 8.93. The highest BCUT2D eigenvalue weighted by Gasteiger charge is 2.44. The van der Waals surface area contributed by atoms with Gasteiger partial charge in [0.25, 0.3) is 5.91 Å². The maximum atomic E-state index is 13.9. The van der Waals surface area contributed by atoms with Gasteiger partial charge in [-0.1, -0.05) is 64.4 Å². The minimum atomic E-state index is -4.36. The van der Waals surface area contributed by atoms with E-state index < -0.39 is 52.6 Å². The number of nitrogens with zero attached hydrogens (tertiary/aromatic N) is 2. The minimum absolute atomic E-state index is 0.0167. The molecule has 11 nitrogen and oxygen atoms in total. The summed E-state index contributed by atoms with van der Waals surface area (Å²) in [6.45, 7) is 6.81. The normalized spacial score (nSPS) is 16.0. The summed E-state index contributed by atoms with van der Waals surface area (Å²) in [6.07, 6.45) is -4.51. The zero-order valence-electron chi connectivity index (χ0n) is 25.6. The van der Waals surface area contributed by atoms with Crippen molar-refractivity contribution in [3.05, 3.63) is 54.1 Å². The number of aliphatic hydroxyl groups excluding tert-OH is 1. The van der Waals surface area contributed by atoms with Gasteiger partial charge >= 0.3 is 6.29 Å². The number of hydrogen-bond acceptors (Lipinski definition) is 8. The lowest BCUT2D eigenvalue weighted by atomic mass is 9.98. The van der Waals surface area contributed by atoms with Gasteiger partial charge in [-0.15, -0.1) is 8.78 Å². The Bertz CT molecular complexity index is 1380. The first-order valence-electron chi connectivity index (χ1n) is 14.5. The van der Waals surface area contributed by atoms with Crippen molar-refractivity contribution >= 4 is 21.8 Å². The average Bonchev–Trinajstić information content (AvgIpc) is 3.27. The summed E-state index contributed by atoms with van der Waals surface area (Å²) in [5, 5.41) is 15.6. The summed E-state index contributed by atoms with van der Waals surface area (Å²) in [6, 6.07) is 11.1. The Hall–Kier alpha value is -3.33. The number of amides is 2. The molecule has 2 amide bonds. The van der Waals surface area contributed by atoms with Crippen LogP contribution in [0.15, 0.2) is 53.4 Å². The second kappa shape index (κ2) is 15.1. The molecule has 0 aromatic heterocycles. The number of alkyl halides is 2. The largest absolute Gasteiger partial charge is 0.586 e. The Morgan fingerprint density at radius 2 is 1.68 bits per heavy atom. The molecule has 1 aliphatic rings. The highest BCUT2D eigenvalue weighted by atomic mass is 32.2. The summed E-state index contributed by atoms with van der Waals surface area (Å²) >= 11 is 0. The molecule has 14 heteroatoms. The Morgan fingerprint density at radius 3 is 2.30 bits per heavy atom. The number of fused-ring (bicyclic) bond motifs is 1. The molecule has 0 fully saturated rings. The summed E-state index contributed by atoms with van der Waals surface area (Å²) in [7, 11) is -2.79. The number of halogens is 2. The van der Waals surface area contributed by atoms with Crippen molar-refractivity contribution in [1.82, 2.24) is 20.1 Å². The molecule has 0 aliphatic carbocycles. The van der Waals surface area contributed by atoms with Gasteiger partial charge in [0.1, 0.15) is 0 Å². The molecule has 0 radical (unpaired) electrons. The summed E-state index contributed by atoms with van der Waals surface area (Å²) in [5.41, 5.74) is 3.37. The second-order valence-corrected chi connectivity index (χ2v) is 13.3. The number of nitrogens with one attached hydrogen (secondary N) is 2. The van der Waals surface area contributed by atoms with Crippen LogP contribution in [0.25, 0.3) is 0 Å². The number of benzene rings is 2. The van der Waals surface area contributed by atoms with E-state index in [1.807, 2.05) is 19.9 Å². The number of hydrogen-bond donors (Lipinski definition) is 3. The fourth-order valence-corrected chi connectivity index (χ4v) is 6.35. The Kier molecular flexibility index (Phi) is 12.1. The molecule has 3 atom stereocenters. The third kappa shape index (κ3) is 9.34. The van der Waals surface area contributed by atoms with Gasteiger partial charge in [0.15, 0.2) is 11.5 Å². The van der Waals surface area contributed by atoms with Crippen LogP contribution < -0.4 is 20.2 Å². The van der Waals surface area contributed by atoms with Crippen LogP contribution in [0.3, 0.4) is 0 Å². The molecule has 1 heterocycles. The predicted molar refractivity (Wildman–Crippen MR) is 159 cm³/mol. The van der Waals surface area contributed by atoms with Crippen LogP contribution in [-0.4, -0.2) is 79.8 Å². The molecule has 2 aromatic rings. The van der Waals surface area contributed by atoms with Crippen molar-refractivity contribution in [2.45, 2.75) is 70.3 Å². The average molecular weight is 641 g/mol. The summed E-state index contributed by atoms with van der Waals surface area (Å²) in [5.74, 6) is -1.90. The van der Waals surface area contributed by atoms with Gasteiger partial charge in [-0.3, -0.25) is 15.0 Å². The van der Waals surface area contributed by atoms with Crippen molar-refractivity contribution in [2.75, 3.05) is 26.7 Å². The van der Waals surface area contributed by atoms with Crippen molar-refractivity contribution in [3.8, 4) is 11.5 Å². The zero-order valence-corrected chi connectivity index (χ0v) is 26.4. The van der Waals surface area contributed by atoms with Crippen molar-refractivity contribution in [1.29, 1.82) is 0 Å². The molecule has 0 spiro atoms. The van der Waals surface area contributed by atoms with Crippen molar-refractivity contribution < 1.29 is 41.4 Å². The first kappa shape index (κ1) is 35.2. The van der Waals surface area contributed by atoms with Gasteiger partial charge < -0.3 is 19.9 Å². The van der Waals surface area contributed by atoms with Crippen LogP contribution in [-0.2, 0) is 26.0 Å². The fraction of sp³-hybridized carbons (Fsp3) is 0.533. The van der Waals surface area contributed by atoms with Gasteiger partial charge in [-0.25, -0.2) is 13.4 Å². The lowest BCUT2D eigenvalue weighted by Gasteiger charge is -2.37. The van der Waals surface area contributed by atoms with Crippen LogP contribution >= 0.6 is 0 Å². The molecule has 0 unspecified atom stereocenters. The predicted octanol–water partition coefficient (Wildman–Crippen LogP) is 3.14. The molecule has 0 bridgehead atoms. The summed E-state index contributed by atoms with van der Waals surface area (Å²) < 4.78 is 64.9. The first-order chi connectivity index (χ1) is 20.7. The number of likely N-dealkylation sites (N-methyl/N-ethyl adjacent to an activating group) is 1. The molecule has 44 heavy (non-hydrogen) atoms. The monoisotopic (exact) mass is 640 g/mol. The maximum Gasteiger partial charge on any atom is 0.586 e. The number of sulfonamides is 1. The Balaban J connectivity index is 2.01. The smallest absolute Gasteiger partial charge is 0.395 e. The van der Waals surface area contributed by atoms with Gasteiger partial charge in [-0.05, 0) is 43.0 Å². The number of hydrazine groups is 1.